The largest absolute Gasteiger partial charge is 0.349 e. The molecule has 1 aromatic rings. The van der Waals surface area contributed by atoms with Crippen LogP contribution in [-0.2, 0) is 10.8 Å². The Morgan fingerprint density at radius 1 is 1.39 bits per heavy atom. The summed E-state index contributed by atoms with van der Waals surface area (Å²) in [5, 5.41) is 3.02. The van der Waals surface area contributed by atoms with Crippen LogP contribution < -0.4 is 5.32 Å². The molecule has 0 bridgehead atoms. The number of rotatable bonds is 2. The lowest BCUT2D eigenvalue weighted by Gasteiger charge is -2.22. The zero-order valence-electron chi connectivity index (χ0n) is 10.2. The lowest BCUT2D eigenvalue weighted by atomic mass is 10.1. The maximum atomic E-state index is 12.2. The van der Waals surface area contributed by atoms with Gasteiger partial charge in [0, 0.05) is 32.8 Å². The van der Waals surface area contributed by atoms with Crippen molar-refractivity contribution < 1.29 is 9.00 Å². The van der Waals surface area contributed by atoms with Crippen molar-refractivity contribution in [2.24, 2.45) is 0 Å². The second-order valence-corrected chi connectivity index (χ2v) is 7.13. The molecule has 0 saturated carbocycles. The standard InChI is InChI=1S/C13H16BrNO2S/c1-9-2-3-12(14)11(8-9)13(16)15-10-4-6-18(17)7-5-10/h2-3,8,10H,4-7H2,1H3,(H,15,16). The summed E-state index contributed by atoms with van der Waals surface area (Å²) in [5.41, 5.74) is 1.73. The highest BCUT2D eigenvalue weighted by molar-refractivity contribution is 9.10. The number of hydrogen-bond acceptors (Lipinski definition) is 2. The molecule has 0 atom stereocenters. The minimum atomic E-state index is -0.689. The van der Waals surface area contributed by atoms with Gasteiger partial charge in [-0.05, 0) is 47.8 Å². The molecule has 1 fully saturated rings. The summed E-state index contributed by atoms with van der Waals surface area (Å²) in [5.74, 6) is 1.34. The molecule has 2 rings (SSSR count). The van der Waals surface area contributed by atoms with E-state index in [9.17, 15) is 9.00 Å². The summed E-state index contributed by atoms with van der Waals surface area (Å²) in [6.45, 7) is 1.97. The molecule has 1 N–H and O–H groups in total. The van der Waals surface area contributed by atoms with Crippen LogP contribution in [0.4, 0.5) is 0 Å². The van der Waals surface area contributed by atoms with Crippen molar-refractivity contribution in [1.29, 1.82) is 0 Å². The molecule has 0 aliphatic carbocycles. The van der Waals surface area contributed by atoms with Crippen LogP contribution in [0.2, 0.25) is 0 Å². The summed E-state index contributed by atoms with van der Waals surface area (Å²) >= 11 is 3.40. The number of hydrogen-bond donors (Lipinski definition) is 1. The Kier molecular flexibility index (Phi) is 4.56. The van der Waals surface area contributed by atoms with Crippen molar-refractivity contribution in [2.45, 2.75) is 25.8 Å². The second-order valence-electron chi connectivity index (χ2n) is 4.58. The lowest BCUT2D eigenvalue weighted by molar-refractivity contribution is 0.0933. The third-order valence-corrected chi connectivity index (χ3v) is 5.16. The normalized spacial score (nSPS) is 23.7. The molecule has 1 saturated heterocycles. The summed E-state index contributed by atoms with van der Waals surface area (Å²) in [6.07, 6.45) is 1.61. The molecule has 0 radical (unpaired) electrons. The molecule has 1 amide bonds. The van der Waals surface area contributed by atoms with Gasteiger partial charge in [-0.25, -0.2) is 0 Å². The lowest BCUT2D eigenvalue weighted by Crippen LogP contribution is -2.39. The number of amides is 1. The Bertz CT molecular complexity index is 480. The van der Waals surface area contributed by atoms with E-state index >= 15 is 0 Å². The molecule has 5 heteroatoms. The number of benzene rings is 1. The number of carbonyl (C=O) groups excluding carboxylic acids is 1. The third-order valence-electron chi connectivity index (χ3n) is 3.09. The van der Waals surface area contributed by atoms with Gasteiger partial charge in [0.05, 0.1) is 5.56 Å². The van der Waals surface area contributed by atoms with Gasteiger partial charge in [0.1, 0.15) is 0 Å². The fourth-order valence-corrected chi connectivity index (χ4v) is 3.74. The number of nitrogens with one attached hydrogen (secondary N) is 1. The molecule has 1 heterocycles. The highest BCUT2D eigenvalue weighted by atomic mass is 79.9. The molecule has 18 heavy (non-hydrogen) atoms. The highest BCUT2D eigenvalue weighted by Crippen LogP contribution is 2.19. The molecule has 1 aromatic carbocycles. The maximum absolute atomic E-state index is 12.2. The summed E-state index contributed by atoms with van der Waals surface area (Å²) in [4.78, 5) is 12.2. The molecule has 1 aliphatic heterocycles. The van der Waals surface area contributed by atoms with Gasteiger partial charge >= 0.3 is 0 Å². The predicted molar refractivity (Wildman–Crippen MR) is 77.2 cm³/mol. The molecular weight excluding hydrogens is 314 g/mol. The van der Waals surface area contributed by atoms with Gasteiger partial charge in [-0.2, -0.15) is 0 Å². The summed E-state index contributed by atoms with van der Waals surface area (Å²) < 4.78 is 12.1. The van der Waals surface area contributed by atoms with Crippen molar-refractivity contribution in [2.75, 3.05) is 11.5 Å². The van der Waals surface area contributed by atoms with E-state index in [4.69, 9.17) is 0 Å². The second kappa shape index (κ2) is 5.97. The fraction of sp³-hybridized carbons (Fsp3) is 0.462. The van der Waals surface area contributed by atoms with Crippen molar-refractivity contribution >= 4 is 32.6 Å². The number of aryl methyl sites for hydroxylation is 1. The molecule has 3 nitrogen and oxygen atoms in total. The van der Waals surface area contributed by atoms with Gasteiger partial charge in [0.25, 0.3) is 5.91 Å². The van der Waals surface area contributed by atoms with E-state index in [2.05, 4.69) is 21.2 Å². The van der Waals surface area contributed by atoms with Crippen molar-refractivity contribution in [1.82, 2.24) is 5.32 Å². The first-order valence-electron chi connectivity index (χ1n) is 5.98. The van der Waals surface area contributed by atoms with E-state index in [0.717, 1.165) is 22.9 Å². The van der Waals surface area contributed by atoms with Gasteiger partial charge in [0.15, 0.2) is 0 Å². The zero-order chi connectivity index (χ0) is 13.1. The van der Waals surface area contributed by atoms with Gasteiger partial charge in [0.2, 0.25) is 0 Å². The van der Waals surface area contributed by atoms with Crippen LogP contribution >= 0.6 is 15.9 Å². The average Bonchev–Trinajstić information content (AvgIpc) is 2.35. The van der Waals surface area contributed by atoms with Crippen LogP contribution in [0, 0.1) is 6.92 Å². The maximum Gasteiger partial charge on any atom is 0.252 e. The summed E-state index contributed by atoms with van der Waals surface area (Å²) in [7, 11) is -0.689. The fourth-order valence-electron chi connectivity index (χ4n) is 2.01. The van der Waals surface area contributed by atoms with Gasteiger partial charge in [-0.3, -0.25) is 9.00 Å². The minimum Gasteiger partial charge on any atom is -0.349 e. The number of halogens is 1. The van der Waals surface area contributed by atoms with E-state index in [1.54, 1.807) is 0 Å². The van der Waals surface area contributed by atoms with Gasteiger partial charge < -0.3 is 5.32 Å². The first-order valence-corrected chi connectivity index (χ1v) is 8.26. The Morgan fingerprint density at radius 3 is 2.72 bits per heavy atom. The Morgan fingerprint density at radius 2 is 2.06 bits per heavy atom. The SMILES string of the molecule is Cc1ccc(Br)c(C(=O)NC2CCS(=O)CC2)c1. The van der Waals surface area contributed by atoms with Gasteiger partial charge in [-0.15, -0.1) is 0 Å². The molecule has 98 valence electrons. The molecule has 0 spiro atoms. The van der Waals surface area contributed by atoms with Crippen molar-refractivity contribution in [3.05, 3.63) is 33.8 Å². The van der Waals surface area contributed by atoms with E-state index in [0.29, 0.717) is 17.1 Å². The first-order chi connectivity index (χ1) is 8.56. The summed E-state index contributed by atoms with van der Waals surface area (Å²) in [6, 6.07) is 5.88. The van der Waals surface area contributed by atoms with Crippen LogP contribution in [0.1, 0.15) is 28.8 Å². The van der Waals surface area contributed by atoms with Crippen LogP contribution in [0.5, 0.6) is 0 Å². The predicted octanol–water partition coefficient (Wildman–Crippen LogP) is 2.40. The van der Waals surface area contributed by atoms with E-state index in [1.165, 1.54) is 0 Å². The van der Waals surface area contributed by atoms with E-state index in [-0.39, 0.29) is 11.9 Å². The van der Waals surface area contributed by atoms with E-state index < -0.39 is 10.8 Å². The Hall–Kier alpha value is -0.680. The highest BCUT2D eigenvalue weighted by Gasteiger charge is 2.20. The monoisotopic (exact) mass is 329 g/mol. The average molecular weight is 330 g/mol. The topological polar surface area (TPSA) is 46.2 Å². The smallest absolute Gasteiger partial charge is 0.252 e. The molecule has 0 aromatic heterocycles. The zero-order valence-corrected chi connectivity index (χ0v) is 12.6. The molecular formula is C13H16BrNO2S. The third kappa shape index (κ3) is 3.42. The van der Waals surface area contributed by atoms with Gasteiger partial charge in [-0.1, -0.05) is 11.6 Å². The quantitative estimate of drug-likeness (QED) is 0.905. The first kappa shape index (κ1) is 13.7. The molecule has 0 unspecified atom stereocenters. The van der Waals surface area contributed by atoms with Crippen LogP contribution in [0.3, 0.4) is 0 Å². The Balaban J connectivity index is 2.03. The van der Waals surface area contributed by atoms with Crippen LogP contribution in [-0.4, -0.2) is 27.7 Å². The minimum absolute atomic E-state index is 0.0525. The van der Waals surface area contributed by atoms with E-state index in [1.807, 2.05) is 25.1 Å². The van der Waals surface area contributed by atoms with Crippen molar-refractivity contribution in [3.8, 4) is 0 Å². The van der Waals surface area contributed by atoms with Crippen LogP contribution in [0.15, 0.2) is 22.7 Å². The van der Waals surface area contributed by atoms with Crippen molar-refractivity contribution in [3.63, 3.8) is 0 Å². The molecule has 1 aliphatic rings. The van der Waals surface area contributed by atoms with Crippen LogP contribution in [0.25, 0.3) is 0 Å². The number of carbonyl (C=O) groups is 1. The Labute approximate surface area is 118 Å².